The summed E-state index contributed by atoms with van der Waals surface area (Å²) in [4.78, 5) is 4.05. The zero-order valence-corrected chi connectivity index (χ0v) is 14.5. The van der Waals surface area contributed by atoms with Crippen molar-refractivity contribution in [2.45, 2.75) is 58.2 Å². The van der Waals surface area contributed by atoms with E-state index in [0.29, 0.717) is 0 Å². The van der Waals surface area contributed by atoms with Gasteiger partial charge in [-0.1, -0.05) is 37.6 Å². The highest BCUT2D eigenvalue weighted by Gasteiger charge is 2.19. The van der Waals surface area contributed by atoms with Crippen molar-refractivity contribution >= 4 is 0 Å². The van der Waals surface area contributed by atoms with Gasteiger partial charge in [-0.15, -0.1) is 0 Å². The van der Waals surface area contributed by atoms with E-state index < -0.39 is 0 Å². The fourth-order valence-electron chi connectivity index (χ4n) is 2.75. The van der Waals surface area contributed by atoms with E-state index in [1.807, 2.05) is 30.9 Å². The first-order chi connectivity index (χ1) is 11.0. The Hall–Kier alpha value is -1.65. The zero-order chi connectivity index (χ0) is 16.7. The van der Waals surface area contributed by atoms with Crippen LogP contribution in [0.15, 0.2) is 43.0 Å². The Labute approximate surface area is 139 Å². The van der Waals surface area contributed by atoms with Crippen LogP contribution in [0.5, 0.6) is 0 Å². The molecule has 0 saturated carbocycles. The molecule has 0 amide bonds. The van der Waals surface area contributed by atoms with Crippen molar-refractivity contribution in [3.8, 4) is 0 Å². The SMILES string of the molecule is CCCC(O)c1ccc(C(C)(C)NCCCn2ccnc2)cc1. The second-order valence-corrected chi connectivity index (χ2v) is 6.63. The lowest BCUT2D eigenvalue weighted by Crippen LogP contribution is -2.37. The van der Waals surface area contributed by atoms with Crippen LogP contribution in [0, 0.1) is 0 Å². The van der Waals surface area contributed by atoms with Gasteiger partial charge in [0.15, 0.2) is 0 Å². The van der Waals surface area contributed by atoms with Gasteiger partial charge in [0.1, 0.15) is 0 Å². The van der Waals surface area contributed by atoms with Gasteiger partial charge in [0.05, 0.1) is 12.4 Å². The first-order valence-electron chi connectivity index (χ1n) is 8.52. The first kappa shape index (κ1) is 17.7. The molecule has 0 fully saturated rings. The molecule has 0 aliphatic carbocycles. The molecular formula is C19H29N3O. The number of hydrogen-bond donors (Lipinski definition) is 2. The quantitative estimate of drug-likeness (QED) is 0.695. The van der Waals surface area contributed by atoms with E-state index in [2.05, 4.69) is 47.8 Å². The maximum atomic E-state index is 10.1. The molecule has 4 nitrogen and oxygen atoms in total. The van der Waals surface area contributed by atoms with Gasteiger partial charge in [-0.2, -0.15) is 0 Å². The summed E-state index contributed by atoms with van der Waals surface area (Å²) in [6.45, 7) is 8.41. The fraction of sp³-hybridized carbons (Fsp3) is 0.526. The third kappa shape index (κ3) is 5.19. The highest BCUT2D eigenvalue weighted by molar-refractivity contribution is 5.28. The van der Waals surface area contributed by atoms with Crippen LogP contribution in [0.4, 0.5) is 0 Å². The number of nitrogens with zero attached hydrogens (tertiary/aromatic N) is 2. The normalized spacial score (nSPS) is 13.2. The summed E-state index contributed by atoms with van der Waals surface area (Å²) < 4.78 is 2.10. The maximum Gasteiger partial charge on any atom is 0.0945 e. The van der Waals surface area contributed by atoms with Crippen LogP contribution in [0.25, 0.3) is 0 Å². The summed E-state index contributed by atoms with van der Waals surface area (Å²) in [6, 6.07) is 8.34. The van der Waals surface area contributed by atoms with Crippen LogP contribution in [0.3, 0.4) is 0 Å². The number of benzene rings is 1. The molecule has 1 unspecified atom stereocenters. The molecule has 2 rings (SSSR count). The Kier molecular flexibility index (Phi) is 6.37. The predicted molar refractivity (Wildman–Crippen MR) is 94.2 cm³/mol. The van der Waals surface area contributed by atoms with E-state index >= 15 is 0 Å². The predicted octanol–water partition coefficient (Wildman–Crippen LogP) is 3.63. The smallest absolute Gasteiger partial charge is 0.0945 e. The highest BCUT2D eigenvalue weighted by Crippen LogP contribution is 2.24. The minimum atomic E-state index is -0.347. The van der Waals surface area contributed by atoms with Gasteiger partial charge in [-0.25, -0.2) is 4.98 Å². The molecule has 2 aromatic rings. The van der Waals surface area contributed by atoms with Crippen LogP contribution in [0.1, 0.15) is 57.3 Å². The molecule has 1 aromatic carbocycles. The van der Waals surface area contributed by atoms with Crippen molar-refractivity contribution in [2.24, 2.45) is 0 Å². The van der Waals surface area contributed by atoms with Gasteiger partial charge in [0.25, 0.3) is 0 Å². The topological polar surface area (TPSA) is 50.1 Å². The summed E-state index contributed by atoms with van der Waals surface area (Å²) >= 11 is 0. The second-order valence-electron chi connectivity index (χ2n) is 6.63. The average molecular weight is 315 g/mol. The van der Waals surface area contributed by atoms with Crippen LogP contribution < -0.4 is 5.32 Å². The van der Waals surface area contributed by atoms with Crippen LogP contribution >= 0.6 is 0 Å². The Bertz CT molecular complexity index is 561. The third-order valence-electron chi connectivity index (χ3n) is 4.30. The van der Waals surface area contributed by atoms with Crippen molar-refractivity contribution in [3.05, 3.63) is 54.1 Å². The Morgan fingerprint density at radius 1 is 1.26 bits per heavy atom. The number of imidazole rings is 1. The molecule has 0 spiro atoms. The lowest BCUT2D eigenvalue weighted by Gasteiger charge is -2.27. The lowest BCUT2D eigenvalue weighted by atomic mass is 9.92. The molecule has 126 valence electrons. The zero-order valence-electron chi connectivity index (χ0n) is 14.5. The van der Waals surface area contributed by atoms with Crippen LogP contribution in [-0.4, -0.2) is 21.2 Å². The van der Waals surface area contributed by atoms with Gasteiger partial charge < -0.3 is 15.0 Å². The molecule has 2 N–H and O–H groups in total. The molecule has 0 aliphatic heterocycles. The summed E-state index contributed by atoms with van der Waals surface area (Å²) in [5.74, 6) is 0. The van der Waals surface area contributed by atoms with Gasteiger partial charge >= 0.3 is 0 Å². The van der Waals surface area contributed by atoms with Crippen molar-refractivity contribution in [1.82, 2.24) is 14.9 Å². The first-order valence-corrected chi connectivity index (χ1v) is 8.52. The molecule has 1 heterocycles. The van der Waals surface area contributed by atoms with Crippen molar-refractivity contribution in [1.29, 1.82) is 0 Å². The summed E-state index contributed by atoms with van der Waals surface area (Å²) in [7, 11) is 0. The minimum Gasteiger partial charge on any atom is -0.388 e. The maximum absolute atomic E-state index is 10.1. The number of aliphatic hydroxyl groups is 1. The molecule has 23 heavy (non-hydrogen) atoms. The molecule has 0 radical (unpaired) electrons. The van der Waals surface area contributed by atoms with Gasteiger partial charge in [-0.05, 0) is 44.4 Å². The standard InChI is InChI=1S/C19H29N3O/c1-4-6-18(23)16-7-9-17(10-8-16)19(2,3)21-11-5-13-22-14-12-20-15-22/h7-10,12,14-15,18,21,23H,4-6,11,13H2,1-3H3. The molecular weight excluding hydrogens is 286 g/mol. The minimum absolute atomic E-state index is 0.0802. The van der Waals surface area contributed by atoms with E-state index in [-0.39, 0.29) is 11.6 Å². The van der Waals surface area contributed by atoms with Crippen LogP contribution in [-0.2, 0) is 12.1 Å². The number of aromatic nitrogens is 2. The Balaban J connectivity index is 1.85. The van der Waals surface area contributed by atoms with Gasteiger partial charge in [0.2, 0.25) is 0 Å². The van der Waals surface area contributed by atoms with Crippen molar-refractivity contribution in [2.75, 3.05) is 6.54 Å². The van der Waals surface area contributed by atoms with E-state index in [9.17, 15) is 5.11 Å². The lowest BCUT2D eigenvalue weighted by molar-refractivity contribution is 0.166. The fourth-order valence-corrected chi connectivity index (χ4v) is 2.75. The monoisotopic (exact) mass is 315 g/mol. The molecule has 4 heteroatoms. The van der Waals surface area contributed by atoms with E-state index in [4.69, 9.17) is 0 Å². The van der Waals surface area contributed by atoms with E-state index in [1.165, 1.54) is 5.56 Å². The van der Waals surface area contributed by atoms with E-state index in [0.717, 1.165) is 37.9 Å². The Morgan fingerprint density at radius 2 is 2.00 bits per heavy atom. The van der Waals surface area contributed by atoms with Gasteiger partial charge in [-0.3, -0.25) is 0 Å². The van der Waals surface area contributed by atoms with E-state index in [1.54, 1.807) is 0 Å². The van der Waals surface area contributed by atoms with Crippen molar-refractivity contribution in [3.63, 3.8) is 0 Å². The third-order valence-corrected chi connectivity index (χ3v) is 4.30. The van der Waals surface area contributed by atoms with Crippen molar-refractivity contribution < 1.29 is 5.11 Å². The molecule has 0 aliphatic rings. The average Bonchev–Trinajstić information content (AvgIpc) is 3.05. The van der Waals surface area contributed by atoms with Crippen LogP contribution in [0.2, 0.25) is 0 Å². The Morgan fingerprint density at radius 3 is 2.61 bits per heavy atom. The molecule has 0 saturated heterocycles. The molecule has 1 aromatic heterocycles. The summed E-state index contributed by atoms with van der Waals surface area (Å²) in [5, 5.41) is 13.7. The highest BCUT2D eigenvalue weighted by atomic mass is 16.3. The summed E-state index contributed by atoms with van der Waals surface area (Å²) in [6.07, 6.45) is 8.18. The molecule has 1 atom stereocenters. The second kappa shape index (κ2) is 8.27. The summed E-state index contributed by atoms with van der Waals surface area (Å²) in [5.41, 5.74) is 2.17. The number of nitrogens with one attached hydrogen (secondary N) is 1. The largest absolute Gasteiger partial charge is 0.388 e. The number of hydrogen-bond acceptors (Lipinski definition) is 3. The van der Waals surface area contributed by atoms with Gasteiger partial charge in [0, 0.05) is 24.5 Å². The number of rotatable bonds is 9. The number of aliphatic hydroxyl groups excluding tert-OH is 1. The molecule has 0 bridgehead atoms. The number of aryl methyl sites for hydroxylation is 1.